The van der Waals surface area contributed by atoms with Crippen molar-refractivity contribution in [3.8, 4) is 0 Å². The highest BCUT2D eigenvalue weighted by molar-refractivity contribution is 7.99. The number of hydrogen-bond acceptors (Lipinski definition) is 5. The number of carboxylic acids is 1. The van der Waals surface area contributed by atoms with Gasteiger partial charge < -0.3 is 9.84 Å². The van der Waals surface area contributed by atoms with Crippen LogP contribution >= 0.6 is 11.8 Å². The van der Waals surface area contributed by atoms with Crippen LogP contribution in [0.1, 0.15) is 34.1 Å². The first-order valence-electron chi connectivity index (χ1n) is 8.21. The molecule has 1 aliphatic rings. The van der Waals surface area contributed by atoms with Gasteiger partial charge in [0, 0.05) is 35.5 Å². The van der Waals surface area contributed by atoms with E-state index in [1.165, 1.54) is 0 Å². The molecule has 0 fully saturated rings. The van der Waals surface area contributed by atoms with Crippen molar-refractivity contribution in [2.45, 2.75) is 39.4 Å². The minimum Gasteiger partial charge on any atom is -0.478 e. The lowest BCUT2D eigenvalue weighted by molar-refractivity contribution is -0.138. The van der Waals surface area contributed by atoms with E-state index >= 15 is 0 Å². The standard InChI is InChI=1S/C19H26O5S/c1-13-6-5-9-19(3,4)18(13)15(20)12-14(2)25-11-10-24-17(23)8-7-16(21)22/h5-9,14,18H,10-12H2,1-4H3,(H,21,22). The van der Waals surface area contributed by atoms with Crippen molar-refractivity contribution in [3.05, 3.63) is 36.0 Å². The molecule has 0 aliphatic heterocycles. The Bertz CT molecular complexity index is 601. The Morgan fingerprint density at radius 2 is 2.04 bits per heavy atom. The van der Waals surface area contributed by atoms with Crippen LogP contribution in [0, 0.1) is 11.3 Å². The highest BCUT2D eigenvalue weighted by Gasteiger charge is 2.35. The van der Waals surface area contributed by atoms with Crippen LogP contribution in [0.5, 0.6) is 0 Å². The number of aliphatic carboxylic acids is 1. The summed E-state index contributed by atoms with van der Waals surface area (Å²) in [6, 6.07) is 0. The van der Waals surface area contributed by atoms with Crippen molar-refractivity contribution < 1.29 is 24.2 Å². The molecule has 0 radical (unpaired) electrons. The van der Waals surface area contributed by atoms with Gasteiger partial charge in [0.25, 0.3) is 0 Å². The van der Waals surface area contributed by atoms with E-state index in [9.17, 15) is 14.4 Å². The van der Waals surface area contributed by atoms with Crippen LogP contribution in [0.4, 0.5) is 0 Å². The molecular weight excluding hydrogens is 340 g/mol. The first kappa shape index (κ1) is 21.2. The highest BCUT2D eigenvalue weighted by atomic mass is 32.2. The van der Waals surface area contributed by atoms with Gasteiger partial charge in [-0.1, -0.05) is 44.6 Å². The third-order valence-electron chi connectivity index (χ3n) is 3.99. The van der Waals surface area contributed by atoms with E-state index in [-0.39, 0.29) is 29.0 Å². The molecule has 1 aliphatic carbocycles. The second kappa shape index (κ2) is 9.61. The van der Waals surface area contributed by atoms with Crippen molar-refractivity contribution in [1.82, 2.24) is 0 Å². The Balaban J connectivity index is 2.37. The number of ether oxygens (including phenoxy) is 1. The molecule has 2 unspecified atom stereocenters. The number of hydrogen-bond donors (Lipinski definition) is 1. The van der Waals surface area contributed by atoms with Crippen molar-refractivity contribution in [3.63, 3.8) is 0 Å². The third-order valence-corrected chi connectivity index (χ3v) is 5.12. The van der Waals surface area contributed by atoms with Crippen molar-refractivity contribution >= 4 is 29.5 Å². The molecule has 25 heavy (non-hydrogen) atoms. The fourth-order valence-electron chi connectivity index (χ4n) is 2.94. The molecular formula is C19H26O5S. The van der Waals surface area contributed by atoms with Crippen molar-refractivity contribution in [2.75, 3.05) is 12.4 Å². The quantitative estimate of drug-likeness (QED) is 0.383. The van der Waals surface area contributed by atoms with Crippen LogP contribution in [0.3, 0.4) is 0 Å². The lowest BCUT2D eigenvalue weighted by atomic mass is 9.69. The van der Waals surface area contributed by atoms with E-state index in [4.69, 9.17) is 9.84 Å². The number of allylic oxidation sites excluding steroid dienone is 4. The molecule has 5 nitrogen and oxygen atoms in total. The number of thioether (sulfide) groups is 1. The van der Waals surface area contributed by atoms with E-state index in [1.54, 1.807) is 11.8 Å². The maximum atomic E-state index is 12.7. The molecule has 6 heteroatoms. The number of carbonyl (C=O) groups is 3. The Morgan fingerprint density at radius 1 is 1.36 bits per heavy atom. The van der Waals surface area contributed by atoms with E-state index in [0.29, 0.717) is 12.2 Å². The number of Topliss-reactive ketones (excluding diaryl/α,β-unsaturated/α-hetero) is 1. The van der Waals surface area contributed by atoms with Crippen LogP contribution in [0.15, 0.2) is 36.0 Å². The van der Waals surface area contributed by atoms with Gasteiger partial charge in [0.2, 0.25) is 0 Å². The second-order valence-corrected chi connectivity index (χ2v) is 8.26. The number of carbonyl (C=O) groups excluding carboxylic acids is 2. The van der Waals surface area contributed by atoms with E-state index in [2.05, 4.69) is 19.9 Å². The van der Waals surface area contributed by atoms with Crippen LogP contribution in [-0.4, -0.2) is 40.4 Å². The van der Waals surface area contributed by atoms with Crippen molar-refractivity contribution in [1.29, 1.82) is 0 Å². The summed E-state index contributed by atoms with van der Waals surface area (Å²) in [4.78, 5) is 34.2. The van der Waals surface area contributed by atoms with Gasteiger partial charge in [-0.25, -0.2) is 9.59 Å². The summed E-state index contributed by atoms with van der Waals surface area (Å²) in [5.41, 5.74) is 0.917. The van der Waals surface area contributed by atoms with Crippen LogP contribution in [-0.2, 0) is 19.1 Å². The van der Waals surface area contributed by atoms with Crippen molar-refractivity contribution in [2.24, 2.45) is 11.3 Å². The largest absolute Gasteiger partial charge is 0.478 e. The molecule has 2 atom stereocenters. The molecule has 1 rings (SSSR count). The van der Waals surface area contributed by atoms with Crippen LogP contribution in [0.2, 0.25) is 0 Å². The highest BCUT2D eigenvalue weighted by Crippen LogP contribution is 2.38. The van der Waals surface area contributed by atoms with Crippen LogP contribution in [0.25, 0.3) is 0 Å². The lowest BCUT2D eigenvalue weighted by Gasteiger charge is -2.34. The van der Waals surface area contributed by atoms with E-state index in [0.717, 1.165) is 17.7 Å². The molecule has 0 saturated carbocycles. The zero-order valence-electron chi connectivity index (χ0n) is 15.2. The minimum atomic E-state index is -1.19. The molecule has 0 spiro atoms. The smallest absolute Gasteiger partial charge is 0.331 e. The second-order valence-electron chi connectivity index (χ2n) is 6.72. The predicted octanol–water partition coefficient (Wildman–Crippen LogP) is 3.41. The third kappa shape index (κ3) is 7.30. The molecule has 0 heterocycles. The van der Waals surface area contributed by atoms with Gasteiger partial charge in [-0.05, 0) is 12.3 Å². The summed E-state index contributed by atoms with van der Waals surface area (Å²) >= 11 is 1.56. The van der Waals surface area contributed by atoms with Gasteiger partial charge >= 0.3 is 11.9 Å². The average molecular weight is 366 g/mol. The average Bonchev–Trinajstić information content (AvgIpc) is 2.48. The fourth-order valence-corrected chi connectivity index (χ4v) is 3.80. The summed E-state index contributed by atoms with van der Waals surface area (Å²) in [5, 5.41) is 8.54. The summed E-state index contributed by atoms with van der Waals surface area (Å²) < 4.78 is 4.90. The lowest BCUT2D eigenvalue weighted by Crippen LogP contribution is -2.33. The van der Waals surface area contributed by atoms with Gasteiger partial charge in [-0.2, -0.15) is 11.8 Å². The maximum absolute atomic E-state index is 12.7. The maximum Gasteiger partial charge on any atom is 0.331 e. The normalized spacial score (nSPS) is 20.2. The Kier molecular flexibility index (Phi) is 8.16. The number of esters is 1. The Morgan fingerprint density at radius 3 is 2.64 bits per heavy atom. The first-order chi connectivity index (χ1) is 11.6. The molecule has 1 N–H and O–H groups in total. The van der Waals surface area contributed by atoms with Gasteiger partial charge in [-0.3, -0.25) is 4.79 Å². The molecule has 0 bridgehead atoms. The Hall–Kier alpha value is -1.82. The molecule has 0 amide bonds. The minimum absolute atomic E-state index is 0.0977. The molecule has 0 aromatic rings. The zero-order chi connectivity index (χ0) is 19.0. The monoisotopic (exact) mass is 366 g/mol. The number of rotatable bonds is 9. The van der Waals surface area contributed by atoms with E-state index in [1.807, 2.05) is 26.0 Å². The summed E-state index contributed by atoms with van der Waals surface area (Å²) in [6.45, 7) is 8.31. The molecule has 0 saturated heterocycles. The van der Waals surface area contributed by atoms with E-state index < -0.39 is 11.9 Å². The van der Waals surface area contributed by atoms with Crippen LogP contribution < -0.4 is 0 Å². The summed E-state index contributed by atoms with van der Waals surface area (Å²) in [7, 11) is 0. The molecule has 0 aromatic carbocycles. The molecule has 138 valence electrons. The molecule has 0 aromatic heterocycles. The predicted molar refractivity (Wildman–Crippen MR) is 99.4 cm³/mol. The fraction of sp³-hybridized carbons (Fsp3) is 0.526. The number of carboxylic acid groups (broad SMARTS) is 1. The topological polar surface area (TPSA) is 80.7 Å². The Labute approximate surface area is 153 Å². The SMILES string of the molecule is CC1=CC=CC(C)(C)C1C(=O)CC(C)SCCOC(=O)C=CC(=O)O. The zero-order valence-corrected chi connectivity index (χ0v) is 16.0. The van der Waals surface area contributed by atoms with Gasteiger partial charge in [0.05, 0.1) is 0 Å². The number of ketones is 1. The van der Waals surface area contributed by atoms with Gasteiger partial charge in [-0.15, -0.1) is 0 Å². The summed E-state index contributed by atoms with van der Waals surface area (Å²) in [6.07, 6.45) is 8.16. The summed E-state index contributed by atoms with van der Waals surface area (Å²) in [5.74, 6) is -1.18. The van der Waals surface area contributed by atoms with Gasteiger partial charge in [0.15, 0.2) is 0 Å². The first-order valence-corrected chi connectivity index (χ1v) is 9.26. The van der Waals surface area contributed by atoms with Gasteiger partial charge in [0.1, 0.15) is 12.4 Å².